The second kappa shape index (κ2) is 9.21. The predicted molar refractivity (Wildman–Crippen MR) is 130 cm³/mol. The topological polar surface area (TPSA) is 89.5 Å². The van der Waals surface area contributed by atoms with Gasteiger partial charge in [0.05, 0.1) is 23.8 Å². The molecule has 1 aromatic heterocycles. The second-order valence-electron chi connectivity index (χ2n) is 9.68. The van der Waals surface area contributed by atoms with Crippen LogP contribution >= 0.6 is 0 Å². The smallest absolute Gasteiger partial charge is 0.332 e. The number of hydrogen-bond acceptors (Lipinski definition) is 4. The van der Waals surface area contributed by atoms with Gasteiger partial charge in [-0.1, -0.05) is 30.0 Å². The van der Waals surface area contributed by atoms with E-state index in [9.17, 15) is 14.7 Å². The molecule has 9 heteroatoms. The number of aromatic amines is 1. The second-order valence-corrected chi connectivity index (χ2v) is 9.68. The first-order valence-electron chi connectivity index (χ1n) is 11.3. The highest BCUT2D eigenvalue weighted by molar-refractivity contribution is 6.16. The lowest BCUT2D eigenvalue weighted by Crippen LogP contribution is -2.60. The molecular weight excluding hydrogens is 466 g/mol. The van der Waals surface area contributed by atoms with E-state index in [1.54, 1.807) is 45.0 Å². The van der Waals surface area contributed by atoms with Gasteiger partial charge in [0.1, 0.15) is 5.69 Å². The molecular formula is C27H26F2N4O3. The number of benzene rings is 2. The molecule has 2 heterocycles. The summed E-state index contributed by atoms with van der Waals surface area (Å²) in [5, 5.41) is 17.1. The zero-order valence-corrected chi connectivity index (χ0v) is 20.4. The van der Waals surface area contributed by atoms with Crippen LogP contribution in [0.3, 0.4) is 0 Å². The van der Waals surface area contributed by atoms with Crippen molar-refractivity contribution in [2.75, 3.05) is 11.9 Å². The predicted octanol–water partition coefficient (Wildman–Crippen LogP) is 4.11. The SMILES string of the molecule is CN1C(=O)N(c2c(F)cc(C#Cc3ccccc3)cc2F)C(=O)C[C@@]1(C)c1cn[nH]c1CC(C)(C)O. The lowest BCUT2D eigenvalue weighted by molar-refractivity contribution is -0.122. The molecule has 0 saturated carbocycles. The molecule has 0 aliphatic carbocycles. The molecule has 2 aromatic carbocycles. The summed E-state index contributed by atoms with van der Waals surface area (Å²) in [5.41, 5.74) is -1.11. The number of imide groups is 1. The summed E-state index contributed by atoms with van der Waals surface area (Å²) in [6.45, 7) is 4.93. The standard InChI is InChI=1S/C27H26F2N4O3/c1-26(2,36)14-22-19(16-30-31-22)27(3)15-23(34)33(25(35)32(27)4)24-20(28)12-18(13-21(24)29)11-10-17-8-6-5-7-9-17/h5-9,12-13,16,36H,14-15H2,1-4H3,(H,30,31)/t27-/m0/s1. The Kier molecular flexibility index (Phi) is 6.41. The number of H-pyrrole nitrogens is 1. The zero-order valence-electron chi connectivity index (χ0n) is 20.4. The average molecular weight is 493 g/mol. The van der Waals surface area contributed by atoms with E-state index >= 15 is 8.78 Å². The quantitative estimate of drug-likeness (QED) is 0.537. The fourth-order valence-corrected chi connectivity index (χ4v) is 4.32. The maximum Gasteiger partial charge on any atom is 0.332 e. The first-order valence-corrected chi connectivity index (χ1v) is 11.3. The van der Waals surface area contributed by atoms with Gasteiger partial charge in [0.15, 0.2) is 11.6 Å². The summed E-state index contributed by atoms with van der Waals surface area (Å²) >= 11 is 0. The van der Waals surface area contributed by atoms with Crippen molar-refractivity contribution >= 4 is 17.6 Å². The van der Waals surface area contributed by atoms with Crippen molar-refractivity contribution < 1.29 is 23.5 Å². The lowest BCUT2D eigenvalue weighted by atomic mass is 9.83. The third-order valence-corrected chi connectivity index (χ3v) is 6.24. The maximum atomic E-state index is 15.1. The molecule has 4 rings (SSSR count). The minimum atomic E-state index is -1.15. The Hall–Kier alpha value is -4.03. The number of halogens is 2. The van der Waals surface area contributed by atoms with E-state index in [0.717, 1.165) is 12.1 Å². The largest absolute Gasteiger partial charge is 0.390 e. The van der Waals surface area contributed by atoms with Crippen molar-refractivity contribution in [3.05, 3.63) is 82.7 Å². The van der Waals surface area contributed by atoms with E-state index in [2.05, 4.69) is 22.0 Å². The van der Waals surface area contributed by atoms with Crippen LogP contribution in [0.5, 0.6) is 0 Å². The highest BCUT2D eigenvalue weighted by atomic mass is 19.1. The number of carbonyl (C=O) groups excluding carboxylic acids is 2. The van der Waals surface area contributed by atoms with Gasteiger partial charge in [-0.15, -0.1) is 0 Å². The molecule has 3 amide bonds. The van der Waals surface area contributed by atoms with E-state index in [1.165, 1.54) is 18.1 Å². The maximum absolute atomic E-state index is 15.1. The van der Waals surface area contributed by atoms with Crippen LogP contribution in [0.1, 0.15) is 49.6 Å². The molecule has 1 aliphatic rings. The molecule has 1 fully saturated rings. The van der Waals surface area contributed by atoms with Gasteiger partial charge >= 0.3 is 6.03 Å². The number of hydrogen-bond donors (Lipinski definition) is 2. The minimum Gasteiger partial charge on any atom is -0.390 e. The Morgan fingerprint density at radius 1 is 1.11 bits per heavy atom. The number of anilines is 1. The number of nitrogens with zero attached hydrogens (tertiary/aromatic N) is 3. The number of amides is 3. The zero-order chi connectivity index (χ0) is 26.3. The van der Waals surface area contributed by atoms with E-state index in [1.807, 2.05) is 6.07 Å². The van der Waals surface area contributed by atoms with Crippen LogP contribution in [0.15, 0.2) is 48.7 Å². The van der Waals surface area contributed by atoms with Crippen LogP contribution in [-0.2, 0) is 16.8 Å². The van der Waals surface area contributed by atoms with E-state index < -0.39 is 40.4 Å². The third-order valence-electron chi connectivity index (χ3n) is 6.24. The van der Waals surface area contributed by atoms with Crippen LogP contribution in [0, 0.1) is 23.5 Å². The van der Waals surface area contributed by atoms with Crippen LogP contribution in [0.2, 0.25) is 0 Å². The molecule has 0 unspecified atom stereocenters. The van der Waals surface area contributed by atoms with Gasteiger partial charge < -0.3 is 10.0 Å². The molecule has 0 bridgehead atoms. The van der Waals surface area contributed by atoms with Crippen LogP contribution < -0.4 is 4.90 Å². The molecule has 2 N–H and O–H groups in total. The highest BCUT2D eigenvalue weighted by Crippen LogP contribution is 2.40. The van der Waals surface area contributed by atoms with Gasteiger partial charge in [0, 0.05) is 35.9 Å². The summed E-state index contributed by atoms with van der Waals surface area (Å²) in [5.74, 6) is 2.61. The fourth-order valence-electron chi connectivity index (χ4n) is 4.32. The Labute approximate surface area is 207 Å². The number of aromatic nitrogens is 2. The van der Waals surface area contributed by atoms with Crippen molar-refractivity contribution in [1.29, 1.82) is 0 Å². The number of urea groups is 1. The molecule has 36 heavy (non-hydrogen) atoms. The van der Waals surface area contributed by atoms with Crippen molar-refractivity contribution in [2.24, 2.45) is 0 Å². The number of nitrogens with one attached hydrogen (secondary N) is 1. The van der Waals surface area contributed by atoms with E-state index in [-0.39, 0.29) is 18.4 Å². The summed E-state index contributed by atoms with van der Waals surface area (Å²) < 4.78 is 30.2. The van der Waals surface area contributed by atoms with Gasteiger partial charge in [-0.3, -0.25) is 9.89 Å². The normalized spacial score (nSPS) is 18.3. The molecule has 0 spiro atoms. The van der Waals surface area contributed by atoms with Crippen LogP contribution in [0.25, 0.3) is 0 Å². The number of aliphatic hydroxyl groups is 1. The van der Waals surface area contributed by atoms with Gasteiger partial charge in [-0.2, -0.15) is 5.10 Å². The van der Waals surface area contributed by atoms with Crippen LogP contribution in [0.4, 0.5) is 19.3 Å². The van der Waals surface area contributed by atoms with Crippen molar-refractivity contribution in [3.63, 3.8) is 0 Å². The number of rotatable bonds is 4. The monoisotopic (exact) mass is 492 g/mol. The van der Waals surface area contributed by atoms with Crippen molar-refractivity contribution in [3.8, 4) is 11.8 Å². The van der Waals surface area contributed by atoms with Gasteiger partial charge in [0.2, 0.25) is 5.91 Å². The Morgan fingerprint density at radius 3 is 2.33 bits per heavy atom. The molecule has 1 atom stereocenters. The first-order chi connectivity index (χ1) is 16.9. The summed E-state index contributed by atoms with van der Waals surface area (Å²) in [4.78, 5) is 28.3. The minimum absolute atomic E-state index is 0.0716. The van der Waals surface area contributed by atoms with E-state index in [0.29, 0.717) is 21.7 Å². The van der Waals surface area contributed by atoms with Crippen LogP contribution in [-0.4, -0.2) is 44.8 Å². The van der Waals surface area contributed by atoms with Gasteiger partial charge in [-0.05, 0) is 45.0 Å². The Bertz CT molecular complexity index is 1360. The molecule has 0 radical (unpaired) electrons. The van der Waals surface area contributed by atoms with Crippen molar-refractivity contribution in [1.82, 2.24) is 15.1 Å². The van der Waals surface area contributed by atoms with E-state index in [4.69, 9.17) is 0 Å². The van der Waals surface area contributed by atoms with Gasteiger partial charge in [0.25, 0.3) is 0 Å². The summed E-state index contributed by atoms with van der Waals surface area (Å²) in [6, 6.07) is 10.1. The third kappa shape index (κ3) is 4.72. The molecule has 1 saturated heterocycles. The molecule has 7 nitrogen and oxygen atoms in total. The summed E-state index contributed by atoms with van der Waals surface area (Å²) in [6.07, 6.45) is 1.45. The lowest BCUT2D eigenvalue weighted by Gasteiger charge is -2.45. The highest BCUT2D eigenvalue weighted by Gasteiger charge is 2.49. The molecule has 3 aromatic rings. The number of carbonyl (C=O) groups is 2. The first kappa shape index (κ1) is 25.1. The van der Waals surface area contributed by atoms with Gasteiger partial charge in [-0.25, -0.2) is 18.5 Å². The molecule has 186 valence electrons. The Balaban J connectivity index is 1.66. The van der Waals surface area contributed by atoms with Crippen molar-refractivity contribution in [2.45, 2.75) is 44.8 Å². The Morgan fingerprint density at radius 2 is 1.72 bits per heavy atom. The fraction of sp³-hybridized carbons (Fsp3) is 0.296. The average Bonchev–Trinajstić information content (AvgIpc) is 3.26. The summed E-state index contributed by atoms with van der Waals surface area (Å²) in [7, 11) is 1.46. The molecule has 1 aliphatic heterocycles.